The SMILES string of the molecule is Cc1ccccc1C(=O)n1ccc2cc(-c3csc(NC(=O)Cc4cccc(O)c4)n3)ccc21. The fourth-order valence-electron chi connectivity index (χ4n) is 3.90. The number of aryl methyl sites for hydroxylation is 1. The number of fused-ring (bicyclic) bond motifs is 1. The molecule has 2 heterocycles. The fourth-order valence-corrected chi connectivity index (χ4v) is 4.64. The monoisotopic (exact) mass is 467 g/mol. The van der Waals surface area contributed by atoms with Gasteiger partial charge >= 0.3 is 0 Å². The van der Waals surface area contributed by atoms with Gasteiger partial charge in [-0.1, -0.05) is 36.4 Å². The van der Waals surface area contributed by atoms with Crippen molar-refractivity contribution in [3.05, 3.63) is 101 Å². The Hall–Kier alpha value is -4.23. The van der Waals surface area contributed by atoms with Gasteiger partial charge in [-0.3, -0.25) is 14.2 Å². The summed E-state index contributed by atoms with van der Waals surface area (Å²) in [5, 5.41) is 15.7. The third-order valence-corrected chi connectivity index (χ3v) is 6.36. The van der Waals surface area contributed by atoms with Gasteiger partial charge in [0.05, 0.1) is 17.6 Å². The van der Waals surface area contributed by atoms with Gasteiger partial charge in [0.25, 0.3) is 5.91 Å². The highest BCUT2D eigenvalue weighted by Crippen LogP contribution is 2.29. The van der Waals surface area contributed by atoms with Gasteiger partial charge in [0.15, 0.2) is 5.13 Å². The van der Waals surface area contributed by atoms with Gasteiger partial charge in [0.2, 0.25) is 5.91 Å². The predicted octanol–water partition coefficient (Wildman–Crippen LogP) is 5.65. The maximum atomic E-state index is 13.1. The van der Waals surface area contributed by atoms with E-state index >= 15 is 0 Å². The second-order valence-electron chi connectivity index (χ2n) is 8.01. The van der Waals surface area contributed by atoms with Crippen LogP contribution in [0.4, 0.5) is 5.13 Å². The molecule has 0 spiro atoms. The summed E-state index contributed by atoms with van der Waals surface area (Å²) in [5.74, 6) is -0.133. The molecule has 1 amide bonds. The van der Waals surface area contributed by atoms with Crippen LogP contribution in [0.3, 0.4) is 0 Å². The lowest BCUT2D eigenvalue weighted by molar-refractivity contribution is -0.115. The van der Waals surface area contributed by atoms with E-state index in [-0.39, 0.29) is 24.0 Å². The number of benzene rings is 3. The highest BCUT2D eigenvalue weighted by atomic mass is 32.1. The summed E-state index contributed by atoms with van der Waals surface area (Å²) < 4.78 is 1.66. The van der Waals surface area contributed by atoms with E-state index in [0.29, 0.717) is 10.7 Å². The number of rotatable bonds is 5. The van der Waals surface area contributed by atoms with Crippen molar-refractivity contribution in [1.82, 2.24) is 9.55 Å². The van der Waals surface area contributed by atoms with Crippen LogP contribution < -0.4 is 5.32 Å². The highest BCUT2D eigenvalue weighted by molar-refractivity contribution is 7.14. The molecule has 5 rings (SSSR count). The summed E-state index contributed by atoms with van der Waals surface area (Å²) in [6.07, 6.45) is 1.94. The highest BCUT2D eigenvalue weighted by Gasteiger charge is 2.15. The first-order valence-electron chi connectivity index (χ1n) is 10.7. The van der Waals surface area contributed by atoms with Gasteiger partial charge in [0.1, 0.15) is 5.75 Å². The first kappa shape index (κ1) is 21.6. The predicted molar refractivity (Wildman–Crippen MR) is 134 cm³/mol. The number of phenolic OH excluding ortho intramolecular Hbond substituents is 1. The summed E-state index contributed by atoms with van der Waals surface area (Å²) in [4.78, 5) is 30.0. The zero-order valence-electron chi connectivity index (χ0n) is 18.4. The van der Waals surface area contributed by atoms with Crippen molar-refractivity contribution >= 4 is 39.2 Å². The molecule has 3 aromatic carbocycles. The second-order valence-corrected chi connectivity index (χ2v) is 8.87. The van der Waals surface area contributed by atoms with Crippen LogP contribution in [0.5, 0.6) is 5.75 Å². The quantitative estimate of drug-likeness (QED) is 0.350. The Morgan fingerprint density at radius 2 is 1.88 bits per heavy atom. The van der Waals surface area contributed by atoms with E-state index in [1.165, 1.54) is 11.3 Å². The molecule has 2 aromatic heterocycles. The zero-order valence-corrected chi connectivity index (χ0v) is 19.2. The number of carbonyl (C=O) groups excluding carboxylic acids is 2. The van der Waals surface area contributed by atoms with Crippen molar-refractivity contribution in [3.8, 4) is 17.0 Å². The molecule has 34 heavy (non-hydrogen) atoms. The average Bonchev–Trinajstić information content (AvgIpc) is 3.45. The molecule has 6 nitrogen and oxygen atoms in total. The lowest BCUT2D eigenvalue weighted by Crippen LogP contribution is -2.14. The molecule has 7 heteroatoms. The Morgan fingerprint density at radius 1 is 1.03 bits per heavy atom. The fraction of sp³-hybridized carbons (Fsp3) is 0.0741. The molecule has 2 N–H and O–H groups in total. The van der Waals surface area contributed by atoms with Crippen LogP contribution in [0.15, 0.2) is 84.4 Å². The summed E-state index contributed by atoms with van der Waals surface area (Å²) in [5.41, 5.74) is 4.81. The lowest BCUT2D eigenvalue weighted by atomic mass is 10.1. The van der Waals surface area contributed by atoms with Gasteiger partial charge in [0, 0.05) is 28.1 Å². The third-order valence-electron chi connectivity index (χ3n) is 5.61. The number of hydrogen-bond acceptors (Lipinski definition) is 5. The number of amides is 1. The molecular weight excluding hydrogens is 446 g/mol. The van der Waals surface area contributed by atoms with E-state index < -0.39 is 0 Å². The summed E-state index contributed by atoms with van der Waals surface area (Å²) >= 11 is 1.35. The van der Waals surface area contributed by atoms with Gasteiger partial charge in [-0.05, 0) is 54.4 Å². The van der Waals surface area contributed by atoms with Crippen LogP contribution >= 0.6 is 11.3 Å². The Kier molecular flexibility index (Phi) is 5.69. The number of hydrogen-bond donors (Lipinski definition) is 2. The van der Waals surface area contributed by atoms with Crippen LogP contribution in [-0.4, -0.2) is 26.5 Å². The summed E-state index contributed by atoms with van der Waals surface area (Å²) in [6, 6.07) is 21.9. The maximum absolute atomic E-state index is 13.1. The van der Waals surface area contributed by atoms with Crippen LogP contribution in [-0.2, 0) is 11.2 Å². The average molecular weight is 468 g/mol. The van der Waals surface area contributed by atoms with Crippen molar-refractivity contribution in [2.45, 2.75) is 13.3 Å². The molecule has 0 saturated carbocycles. The molecule has 0 aliphatic heterocycles. The minimum atomic E-state index is -0.200. The van der Waals surface area contributed by atoms with Gasteiger partial charge in [-0.25, -0.2) is 4.98 Å². The number of aromatic hydroxyl groups is 1. The van der Waals surface area contributed by atoms with Crippen LogP contribution in [0.1, 0.15) is 21.5 Å². The lowest BCUT2D eigenvalue weighted by Gasteiger charge is -2.07. The number of phenols is 1. The van der Waals surface area contributed by atoms with Crippen LogP contribution in [0.25, 0.3) is 22.2 Å². The largest absolute Gasteiger partial charge is 0.508 e. The van der Waals surface area contributed by atoms with E-state index in [9.17, 15) is 14.7 Å². The Bertz CT molecular complexity index is 1530. The number of nitrogens with zero attached hydrogens (tertiary/aromatic N) is 2. The van der Waals surface area contributed by atoms with E-state index in [4.69, 9.17) is 0 Å². The van der Waals surface area contributed by atoms with Crippen molar-refractivity contribution in [1.29, 1.82) is 0 Å². The standard InChI is InChI=1S/C27H21N3O3S/c1-17-5-2-3-8-22(17)26(33)30-12-11-20-15-19(9-10-24(20)30)23-16-34-27(28-23)29-25(32)14-18-6-4-7-21(31)13-18/h2-13,15-16,31H,14H2,1H3,(H,28,29,32). The normalized spacial score (nSPS) is 11.0. The summed E-state index contributed by atoms with van der Waals surface area (Å²) in [7, 11) is 0. The maximum Gasteiger partial charge on any atom is 0.262 e. The van der Waals surface area contributed by atoms with Gasteiger partial charge in [-0.2, -0.15) is 0 Å². The van der Waals surface area contributed by atoms with Crippen molar-refractivity contribution in [3.63, 3.8) is 0 Å². The second kappa shape index (κ2) is 8.96. The van der Waals surface area contributed by atoms with Gasteiger partial charge in [-0.15, -0.1) is 11.3 Å². The minimum Gasteiger partial charge on any atom is -0.508 e. The topological polar surface area (TPSA) is 84.2 Å². The Morgan fingerprint density at radius 3 is 2.71 bits per heavy atom. The first-order chi connectivity index (χ1) is 16.5. The number of anilines is 1. The van der Waals surface area contributed by atoms with Crippen LogP contribution in [0.2, 0.25) is 0 Å². The van der Waals surface area contributed by atoms with Crippen molar-refractivity contribution in [2.75, 3.05) is 5.32 Å². The molecule has 0 saturated heterocycles. The van der Waals surface area contributed by atoms with Crippen molar-refractivity contribution < 1.29 is 14.7 Å². The Labute approximate surface area is 200 Å². The van der Waals surface area contributed by atoms with E-state index in [1.54, 1.807) is 35.0 Å². The van der Waals surface area contributed by atoms with E-state index in [1.807, 2.05) is 60.8 Å². The molecule has 5 aromatic rings. The number of nitrogens with one attached hydrogen (secondary N) is 1. The molecule has 0 unspecified atom stereocenters. The number of carbonyl (C=O) groups is 2. The third kappa shape index (κ3) is 4.33. The molecular formula is C27H21N3O3S. The minimum absolute atomic E-state index is 0.0637. The molecule has 0 aliphatic carbocycles. The number of aromatic nitrogens is 2. The van der Waals surface area contributed by atoms with E-state index in [2.05, 4.69) is 10.3 Å². The molecule has 168 valence electrons. The summed E-state index contributed by atoms with van der Waals surface area (Å²) in [6.45, 7) is 1.93. The molecule has 0 fully saturated rings. The van der Waals surface area contributed by atoms with E-state index in [0.717, 1.165) is 33.3 Å². The van der Waals surface area contributed by atoms with Crippen molar-refractivity contribution in [2.24, 2.45) is 0 Å². The number of thiazole rings is 1. The molecule has 0 radical (unpaired) electrons. The van der Waals surface area contributed by atoms with Crippen LogP contribution in [0, 0.1) is 6.92 Å². The zero-order chi connectivity index (χ0) is 23.7. The van der Waals surface area contributed by atoms with Gasteiger partial charge < -0.3 is 10.4 Å². The Balaban J connectivity index is 1.34. The molecule has 0 bridgehead atoms. The smallest absolute Gasteiger partial charge is 0.262 e. The molecule has 0 atom stereocenters. The molecule has 0 aliphatic rings. The first-order valence-corrected chi connectivity index (χ1v) is 11.6.